The molecule has 0 aliphatic carbocycles. The van der Waals surface area contributed by atoms with Gasteiger partial charge in [-0.25, -0.2) is 4.79 Å². The molecule has 272 valence electrons. The monoisotopic (exact) mass is 742 g/mol. The smallest absolute Gasteiger partial charge is 0.333 e. The molecule has 2 saturated heterocycles. The van der Waals surface area contributed by atoms with Crippen molar-refractivity contribution in [3.63, 3.8) is 0 Å². The SMILES string of the molecule is COc1ccc(Cn2c(=O)ccn([C@@H]3OC(COS(=O)(=O)c4ccc(C)cc4)(COS(=O)(=O)c4ccc(C)cc4)[C@H]4OC(C)(C)O[C@@H]34)c2=O)cc1. The first-order valence-electron chi connectivity index (χ1n) is 15.9. The Kier molecular flexibility index (Phi) is 9.88. The van der Waals surface area contributed by atoms with Gasteiger partial charge in [0.2, 0.25) is 0 Å². The molecule has 0 N–H and O–H groups in total. The van der Waals surface area contributed by atoms with Gasteiger partial charge in [0, 0.05) is 12.3 Å². The van der Waals surface area contributed by atoms with Crippen LogP contribution in [0.15, 0.2) is 104 Å². The average molecular weight is 743 g/mol. The van der Waals surface area contributed by atoms with Gasteiger partial charge < -0.3 is 18.9 Å². The molecule has 2 aliphatic rings. The molecular formula is C35H38N2O12S2. The lowest BCUT2D eigenvalue weighted by Crippen LogP contribution is -2.51. The topological polar surface area (TPSA) is 168 Å². The predicted octanol–water partition coefficient (Wildman–Crippen LogP) is 3.28. The second-order valence-corrected chi connectivity index (χ2v) is 16.2. The van der Waals surface area contributed by atoms with E-state index in [2.05, 4.69) is 0 Å². The fraction of sp³-hybridized carbons (Fsp3) is 0.371. The summed E-state index contributed by atoms with van der Waals surface area (Å²) in [4.78, 5) is 26.7. The van der Waals surface area contributed by atoms with E-state index in [0.29, 0.717) is 11.3 Å². The molecule has 4 aromatic rings. The van der Waals surface area contributed by atoms with Gasteiger partial charge in [-0.05, 0) is 69.7 Å². The van der Waals surface area contributed by atoms with Crippen molar-refractivity contribution in [1.82, 2.24) is 9.13 Å². The summed E-state index contributed by atoms with van der Waals surface area (Å²) in [5, 5.41) is 0. The van der Waals surface area contributed by atoms with Crippen LogP contribution in [-0.4, -0.2) is 69.9 Å². The molecule has 0 unspecified atom stereocenters. The molecule has 14 nitrogen and oxygen atoms in total. The Morgan fingerprint density at radius 3 is 1.76 bits per heavy atom. The molecule has 51 heavy (non-hydrogen) atoms. The van der Waals surface area contributed by atoms with Crippen LogP contribution in [0.1, 0.15) is 36.8 Å². The fourth-order valence-electron chi connectivity index (χ4n) is 5.95. The van der Waals surface area contributed by atoms with Crippen LogP contribution in [0.3, 0.4) is 0 Å². The lowest BCUT2D eigenvalue weighted by Gasteiger charge is -2.34. The molecule has 3 heterocycles. The molecule has 0 bridgehead atoms. The van der Waals surface area contributed by atoms with Crippen molar-refractivity contribution in [2.45, 2.75) is 73.9 Å². The van der Waals surface area contributed by atoms with Crippen molar-refractivity contribution in [1.29, 1.82) is 0 Å². The number of aromatic nitrogens is 2. The van der Waals surface area contributed by atoms with Crippen molar-refractivity contribution in [3.8, 4) is 5.75 Å². The van der Waals surface area contributed by atoms with Gasteiger partial charge in [0.25, 0.3) is 25.8 Å². The number of hydrogen-bond donors (Lipinski definition) is 0. The van der Waals surface area contributed by atoms with E-state index in [0.717, 1.165) is 20.3 Å². The normalized spacial score (nSPS) is 21.0. The van der Waals surface area contributed by atoms with Gasteiger partial charge in [-0.2, -0.15) is 16.8 Å². The van der Waals surface area contributed by atoms with Crippen molar-refractivity contribution >= 4 is 20.2 Å². The second kappa shape index (κ2) is 13.8. The van der Waals surface area contributed by atoms with Crippen molar-refractivity contribution < 1.29 is 44.1 Å². The molecule has 0 amide bonds. The van der Waals surface area contributed by atoms with Gasteiger partial charge in [-0.1, -0.05) is 47.5 Å². The Bertz CT molecular complexity index is 2150. The van der Waals surface area contributed by atoms with Crippen LogP contribution in [0.5, 0.6) is 5.75 Å². The van der Waals surface area contributed by atoms with Crippen LogP contribution in [-0.2, 0) is 49.4 Å². The summed E-state index contributed by atoms with van der Waals surface area (Å²) in [5.41, 5.74) is -1.05. The first-order valence-corrected chi connectivity index (χ1v) is 18.7. The standard InChI is InChI=1S/C35H38N2O12S2/c1-23-6-14-27(15-7-23)50(40,41)45-21-35(22-46-51(42,43)28-16-8-24(2)9-17-28)31-30(47-34(3,4)48-31)32(49-35)36-19-18-29(38)37(33(36)39)20-25-10-12-26(44-5)13-11-25/h6-19,30-32H,20-22H2,1-5H3/t30-,31+,32-/m1/s1. The number of fused-ring (bicyclic) bond motifs is 1. The zero-order valence-electron chi connectivity index (χ0n) is 28.5. The lowest BCUT2D eigenvalue weighted by atomic mass is 9.97. The minimum Gasteiger partial charge on any atom is -0.497 e. The van der Waals surface area contributed by atoms with Gasteiger partial charge >= 0.3 is 5.69 Å². The van der Waals surface area contributed by atoms with E-state index < -0.39 is 74.5 Å². The van der Waals surface area contributed by atoms with E-state index in [1.54, 1.807) is 76.2 Å². The third-order valence-corrected chi connectivity index (χ3v) is 11.2. The number of benzene rings is 3. The Morgan fingerprint density at radius 1 is 0.725 bits per heavy atom. The molecule has 2 aliphatic heterocycles. The lowest BCUT2D eigenvalue weighted by molar-refractivity contribution is -0.231. The van der Waals surface area contributed by atoms with E-state index >= 15 is 0 Å². The summed E-state index contributed by atoms with van der Waals surface area (Å²) in [6.07, 6.45) is -2.44. The molecule has 3 aromatic carbocycles. The fourth-order valence-corrected chi connectivity index (χ4v) is 7.87. The third kappa shape index (κ3) is 7.58. The quantitative estimate of drug-likeness (QED) is 0.195. The van der Waals surface area contributed by atoms with Crippen LogP contribution in [0.25, 0.3) is 0 Å². The second-order valence-electron chi connectivity index (χ2n) is 12.9. The van der Waals surface area contributed by atoms with Gasteiger partial charge in [0.05, 0.1) is 23.4 Å². The van der Waals surface area contributed by atoms with Crippen LogP contribution in [0, 0.1) is 13.8 Å². The van der Waals surface area contributed by atoms with E-state index in [-0.39, 0.29) is 16.3 Å². The van der Waals surface area contributed by atoms with Gasteiger partial charge in [0.15, 0.2) is 12.0 Å². The minimum atomic E-state index is -4.42. The van der Waals surface area contributed by atoms with Crippen LogP contribution in [0.2, 0.25) is 0 Å². The molecule has 0 spiro atoms. The molecule has 0 saturated carbocycles. The highest BCUT2D eigenvalue weighted by atomic mass is 32.2. The summed E-state index contributed by atoms with van der Waals surface area (Å²) in [6.45, 7) is 5.14. The van der Waals surface area contributed by atoms with E-state index in [9.17, 15) is 26.4 Å². The molecule has 1 aromatic heterocycles. The van der Waals surface area contributed by atoms with Crippen molar-refractivity contribution in [2.75, 3.05) is 20.3 Å². The van der Waals surface area contributed by atoms with Crippen LogP contribution < -0.4 is 16.0 Å². The molecule has 3 atom stereocenters. The highest BCUT2D eigenvalue weighted by Crippen LogP contribution is 2.48. The molecule has 16 heteroatoms. The number of methoxy groups -OCH3 is 1. The van der Waals surface area contributed by atoms with E-state index in [1.807, 2.05) is 0 Å². The molecule has 6 rings (SSSR count). The number of aryl methyl sites for hydroxylation is 2. The minimum absolute atomic E-state index is 0.0902. The maximum absolute atomic E-state index is 14.0. The number of hydrogen-bond acceptors (Lipinski definition) is 12. The Balaban J connectivity index is 1.40. The van der Waals surface area contributed by atoms with Gasteiger partial charge in [-0.15, -0.1) is 0 Å². The van der Waals surface area contributed by atoms with Crippen LogP contribution in [0.4, 0.5) is 0 Å². The zero-order valence-corrected chi connectivity index (χ0v) is 30.2. The summed E-state index contributed by atoms with van der Waals surface area (Å²) in [5.74, 6) is -0.701. The summed E-state index contributed by atoms with van der Waals surface area (Å²) in [7, 11) is -7.31. The molecule has 0 radical (unpaired) electrons. The summed E-state index contributed by atoms with van der Waals surface area (Å²) < 4.78 is 90.9. The van der Waals surface area contributed by atoms with E-state index in [4.69, 9.17) is 27.3 Å². The van der Waals surface area contributed by atoms with E-state index in [1.165, 1.54) is 43.6 Å². The highest BCUT2D eigenvalue weighted by Gasteiger charge is 2.65. The number of rotatable bonds is 12. The van der Waals surface area contributed by atoms with Crippen molar-refractivity contribution in [3.05, 3.63) is 123 Å². The Morgan fingerprint density at radius 2 is 1.25 bits per heavy atom. The third-order valence-electron chi connectivity index (χ3n) is 8.69. The van der Waals surface area contributed by atoms with Gasteiger partial charge in [0.1, 0.15) is 36.8 Å². The van der Waals surface area contributed by atoms with Gasteiger partial charge in [-0.3, -0.25) is 22.3 Å². The summed E-state index contributed by atoms with van der Waals surface area (Å²) in [6, 6.07) is 19.9. The Hall–Kier alpha value is -4.16. The van der Waals surface area contributed by atoms with Crippen LogP contribution >= 0.6 is 0 Å². The largest absolute Gasteiger partial charge is 0.497 e. The average Bonchev–Trinajstić information content (AvgIpc) is 3.57. The maximum Gasteiger partial charge on any atom is 0.333 e. The first-order chi connectivity index (χ1) is 24.0. The summed E-state index contributed by atoms with van der Waals surface area (Å²) >= 11 is 0. The number of ether oxygens (including phenoxy) is 4. The predicted molar refractivity (Wildman–Crippen MR) is 182 cm³/mol. The van der Waals surface area contributed by atoms with Crippen molar-refractivity contribution in [2.24, 2.45) is 0 Å². The molecule has 2 fully saturated rings. The highest BCUT2D eigenvalue weighted by molar-refractivity contribution is 7.87. The first kappa shape index (κ1) is 36.6. The number of nitrogens with zero attached hydrogens (tertiary/aromatic N) is 2. The Labute approximate surface area is 295 Å². The zero-order chi connectivity index (χ0) is 36.8. The molecular weight excluding hydrogens is 705 g/mol. The maximum atomic E-state index is 14.0.